The Bertz CT molecular complexity index is 377. The van der Waals surface area contributed by atoms with E-state index in [9.17, 15) is 10.2 Å². The van der Waals surface area contributed by atoms with Gasteiger partial charge in [0.25, 0.3) is 0 Å². The van der Waals surface area contributed by atoms with Crippen LogP contribution in [0.4, 0.5) is 0 Å². The molecule has 3 N–H and O–H groups in total. The average molecular weight is 255 g/mol. The first-order valence-electron chi connectivity index (χ1n) is 5.76. The van der Waals surface area contributed by atoms with Crippen LogP contribution >= 0.6 is 0 Å². The molecule has 0 amide bonds. The van der Waals surface area contributed by atoms with E-state index < -0.39 is 5.54 Å². The van der Waals surface area contributed by atoms with Crippen molar-refractivity contribution in [1.29, 1.82) is 0 Å². The lowest BCUT2D eigenvalue weighted by Gasteiger charge is -2.26. The maximum atomic E-state index is 9.21. The predicted molar refractivity (Wildman–Crippen MR) is 69.0 cm³/mol. The third-order valence-electron chi connectivity index (χ3n) is 2.89. The third kappa shape index (κ3) is 3.60. The summed E-state index contributed by atoms with van der Waals surface area (Å²) in [6.45, 7) is 1.93. The van der Waals surface area contributed by atoms with Crippen LogP contribution in [0.1, 0.15) is 12.5 Å². The van der Waals surface area contributed by atoms with Crippen molar-refractivity contribution < 1.29 is 19.7 Å². The van der Waals surface area contributed by atoms with Gasteiger partial charge in [0.15, 0.2) is 0 Å². The fraction of sp³-hybridized carbons (Fsp3) is 0.538. The third-order valence-corrected chi connectivity index (χ3v) is 2.89. The summed E-state index contributed by atoms with van der Waals surface area (Å²) in [4.78, 5) is 0. The second-order valence-corrected chi connectivity index (χ2v) is 4.41. The van der Waals surface area contributed by atoms with Crippen molar-refractivity contribution in [3.05, 3.63) is 23.8 Å². The lowest BCUT2D eigenvalue weighted by Crippen LogP contribution is -2.48. The minimum atomic E-state index is -0.714. The summed E-state index contributed by atoms with van der Waals surface area (Å²) in [5, 5.41) is 21.5. The summed E-state index contributed by atoms with van der Waals surface area (Å²) in [5.74, 6) is 1.48. The molecule has 0 radical (unpaired) electrons. The number of aliphatic hydroxyl groups is 2. The van der Waals surface area contributed by atoms with E-state index >= 15 is 0 Å². The quantitative estimate of drug-likeness (QED) is 0.663. The first kappa shape index (κ1) is 14.8. The highest BCUT2D eigenvalue weighted by atomic mass is 16.5. The normalized spacial score (nSPS) is 11.4. The number of rotatable bonds is 7. The number of aliphatic hydroxyl groups excluding tert-OH is 2. The van der Waals surface area contributed by atoms with Crippen LogP contribution in [-0.2, 0) is 6.54 Å². The van der Waals surface area contributed by atoms with Gasteiger partial charge in [0.05, 0.1) is 33.0 Å². The number of nitrogens with one attached hydrogen (secondary N) is 1. The van der Waals surface area contributed by atoms with Crippen molar-refractivity contribution in [1.82, 2.24) is 5.32 Å². The van der Waals surface area contributed by atoms with Crippen LogP contribution in [0, 0.1) is 0 Å². The fourth-order valence-electron chi connectivity index (χ4n) is 1.49. The summed E-state index contributed by atoms with van der Waals surface area (Å²) in [6.07, 6.45) is 0. The minimum Gasteiger partial charge on any atom is -0.497 e. The number of hydrogen-bond acceptors (Lipinski definition) is 5. The maximum absolute atomic E-state index is 9.21. The summed E-state index contributed by atoms with van der Waals surface area (Å²) in [5.41, 5.74) is 0.193. The Labute approximate surface area is 107 Å². The fourth-order valence-corrected chi connectivity index (χ4v) is 1.49. The van der Waals surface area contributed by atoms with Crippen molar-refractivity contribution in [2.24, 2.45) is 0 Å². The van der Waals surface area contributed by atoms with Gasteiger partial charge in [0.1, 0.15) is 11.5 Å². The highest BCUT2D eigenvalue weighted by Gasteiger charge is 2.21. The molecule has 0 heterocycles. The van der Waals surface area contributed by atoms with E-state index in [2.05, 4.69) is 5.32 Å². The molecule has 18 heavy (non-hydrogen) atoms. The highest BCUT2D eigenvalue weighted by molar-refractivity contribution is 5.40. The Kier molecular flexibility index (Phi) is 5.40. The van der Waals surface area contributed by atoms with Crippen molar-refractivity contribution in [3.8, 4) is 11.5 Å². The number of ether oxygens (including phenoxy) is 2. The van der Waals surface area contributed by atoms with Crippen LogP contribution < -0.4 is 14.8 Å². The number of hydrogen-bond donors (Lipinski definition) is 3. The summed E-state index contributed by atoms with van der Waals surface area (Å²) in [6, 6.07) is 5.51. The Morgan fingerprint density at radius 2 is 1.83 bits per heavy atom. The second-order valence-electron chi connectivity index (χ2n) is 4.41. The smallest absolute Gasteiger partial charge is 0.123 e. The van der Waals surface area contributed by atoms with E-state index in [1.165, 1.54) is 0 Å². The summed E-state index contributed by atoms with van der Waals surface area (Å²) < 4.78 is 10.4. The van der Waals surface area contributed by atoms with Crippen LogP contribution in [0.3, 0.4) is 0 Å². The molecular formula is C13H21NO4. The highest BCUT2D eigenvalue weighted by Crippen LogP contribution is 2.24. The van der Waals surface area contributed by atoms with Crippen LogP contribution in [-0.4, -0.2) is 43.2 Å². The Balaban J connectivity index is 2.82. The molecule has 0 aliphatic carbocycles. The molecule has 5 nitrogen and oxygen atoms in total. The zero-order valence-corrected chi connectivity index (χ0v) is 11.1. The van der Waals surface area contributed by atoms with Crippen molar-refractivity contribution in [2.45, 2.75) is 19.0 Å². The average Bonchev–Trinajstić information content (AvgIpc) is 2.44. The lowest BCUT2D eigenvalue weighted by atomic mass is 10.0. The number of benzene rings is 1. The van der Waals surface area contributed by atoms with Crippen LogP contribution in [0.2, 0.25) is 0 Å². The van der Waals surface area contributed by atoms with Gasteiger partial charge in [-0.3, -0.25) is 0 Å². The first-order chi connectivity index (χ1) is 8.58. The van der Waals surface area contributed by atoms with Crippen molar-refractivity contribution in [3.63, 3.8) is 0 Å². The van der Waals surface area contributed by atoms with E-state index in [4.69, 9.17) is 9.47 Å². The van der Waals surface area contributed by atoms with E-state index in [0.29, 0.717) is 6.54 Å². The van der Waals surface area contributed by atoms with Gasteiger partial charge in [-0.25, -0.2) is 0 Å². The van der Waals surface area contributed by atoms with E-state index in [-0.39, 0.29) is 13.2 Å². The minimum absolute atomic E-state index is 0.143. The SMILES string of the molecule is COc1ccc(OC)c(CNC(C)(CO)CO)c1. The Morgan fingerprint density at radius 1 is 1.17 bits per heavy atom. The van der Waals surface area contributed by atoms with Crippen molar-refractivity contribution in [2.75, 3.05) is 27.4 Å². The summed E-state index contributed by atoms with van der Waals surface area (Å²) >= 11 is 0. The molecule has 0 aliphatic rings. The molecule has 1 rings (SSSR count). The molecule has 0 spiro atoms. The van der Waals surface area contributed by atoms with Gasteiger partial charge >= 0.3 is 0 Å². The Morgan fingerprint density at radius 3 is 2.33 bits per heavy atom. The topological polar surface area (TPSA) is 71.0 Å². The molecule has 0 bridgehead atoms. The van der Waals surface area contributed by atoms with Gasteiger partial charge in [0, 0.05) is 12.1 Å². The Hall–Kier alpha value is -1.30. The van der Waals surface area contributed by atoms with Crippen LogP contribution in [0.5, 0.6) is 11.5 Å². The van der Waals surface area contributed by atoms with E-state index in [1.807, 2.05) is 18.2 Å². The lowest BCUT2D eigenvalue weighted by molar-refractivity contribution is 0.103. The van der Waals surface area contributed by atoms with Crippen molar-refractivity contribution >= 4 is 0 Å². The van der Waals surface area contributed by atoms with Gasteiger partial charge < -0.3 is 25.0 Å². The van der Waals surface area contributed by atoms with Crippen LogP contribution in [0.25, 0.3) is 0 Å². The largest absolute Gasteiger partial charge is 0.497 e. The van der Waals surface area contributed by atoms with Gasteiger partial charge in [-0.1, -0.05) is 0 Å². The molecule has 1 aromatic carbocycles. The maximum Gasteiger partial charge on any atom is 0.123 e. The van der Waals surface area contributed by atoms with E-state index in [0.717, 1.165) is 17.1 Å². The standard InChI is InChI=1S/C13H21NO4/c1-13(8-15,9-16)14-7-10-6-11(17-2)4-5-12(10)18-3/h4-6,14-16H,7-9H2,1-3H3. The van der Waals surface area contributed by atoms with Gasteiger partial charge in [-0.2, -0.15) is 0 Å². The molecule has 0 aromatic heterocycles. The number of methoxy groups -OCH3 is 2. The molecule has 0 saturated carbocycles. The predicted octanol–water partition coefficient (Wildman–Crippen LogP) is 0.537. The molecule has 0 atom stereocenters. The molecule has 0 saturated heterocycles. The van der Waals surface area contributed by atoms with Gasteiger partial charge in [0.2, 0.25) is 0 Å². The first-order valence-corrected chi connectivity index (χ1v) is 5.76. The van der Waals surface area contributed by atoms with Crippen LogP contribution in [0.15, 0.2) is 18.2 Å². The zero-order chi connectivity index (χ0) is 13.6. The molecule has 1 aromatic rings. The molecule has 0 fully saturated rings. The molecule has 0 aliphatic heterocycles. The second kappa shape index (κ2) is 6.58. The van der Waals surface area contributed by atoms with Gasteiger partial charge in [-0.15, -0.1) is 0 Å². The molecule has 102 valence electrons. The molecule has 5 heteroatoms. The zero-order valence-electron chi connectivity index (χ0n) is 11.1. The monoisotopic (exact) mass is 255 g/mol. The van der Waals surface area contributed by atoms with Gasteiger partial charge in [-0.05, 0) is 25.1 Å². The molecule has 0 unspecified atom stereocenters. The summed E-state index contributed by atoms with van der Waals surface area (Å²) in [7, 11) is 3.20. The molecular weight excluding hydrogens is 234 g/mol. The van der Waals surface area contributed by atoms with E-state index in [1.54, 1.807) is 21.1 Å².